The lowest BCUT2D eigenvalue weighted by molar-refractivity contribution is 0.410. The van der Waals surface area contributed by atoms with Gasteiger partial charge in [-0.25, -0.2) is 9.97 Å². The quantitative estimate of drug-likeness (QED) is 0.311. The van der Waals surface area contributed by atoms with Gasteiger partial charge in [0.25, 0.3) is 0 Å². The predicted octanol–water partition coefficient (Wildman–Crippen LogP) is 5.54. The zero-order chi connectivity index (χ0) is 22.6. The first-order valence-corrected chi connectivity index (χ1v) is 12.1. The molecule has 9 heteroatoms. The Morgan fingerprint density at radius 1 is 0.970 bits per heavy atom. The molecule has 1 aliphatic rings. The summed E-state index contributed by atoms with van der Waals surface area (Å²) in [5.41, 5.74) is 8.64. The predicted molar refractivity (Wildman–Crippen MR) is 135 cm³/mol. The van der Waals surface area contributed by atoms with Gasteiger partial charge in [0.05, 0.1) is 16.2 Å². The van der Waals surface area contributed by atoms with Crippen LogP contribution in [0, 0.1) is 0 Å². The number of fused-ring (bicyclic) bond motifs is 1. The van der Waals surface area contributed by atoms with E-state index in [1.54, 1.807) is 0 Å². The number of anilines is 2. The molecule has 1 aliphatic carbocycles. The molecule has 2 heterocycles. The van der Waals surface area contributed by atoms with Crippen LogP contribution in [0.4, 0.5) is 11.8 Å². The van der Waals surface area contributed by atoms with Crippen LogP contribution < -0.4 is 15.8 Å². The third-order valence-electron chi connectivity index (χ3n) is 5.75. The molecule has 7 nitrogen and oxygen atoms in total. The first kappa shape index (κ1) is 21.9. The van der Waals surface area contributed by atoms with E-state index >= 15 is 0 Å². The van der Waals surface area contributed by atoms with Crippen molar-refractivity contribution in [2.45, 2.75) is 42.7 Å². The number of hydrogen-bond donors (Lipinski definition) is 3. The Labute approximate surface area is 201 Å². The van der Waals surface area contributed by atoms with Crippen molar-refractivity contribution < 1.29 is 0 Å². The van der Waals surface area contributed by atoms with E-state index < -0.39 is 0 Å². The highest BCUT2D eigenvalue weighted by Gasteiger charge is 2.19. The fourth-order valence-electron chi connectivity index (χ4n) is 3.88. The summed E-state index contributed by atoms with van der Waals surface area (Å²) in [4.78, 5) is 10.1. The van der Waals surface area contributed by atoms with Gasteiger partial charge in [0, 0.05) is 34.1 Å². The summed E-state index contributed by atoms with van der Waals surface area (Å²) in [5.74, 6) is 1.33. The van der Waals surface area contributed by atoms with Crippen LogP contribution in [0.25, 0.3) is 22.2 Å². The van der Waals surface area contributed by atoms with E-state index in [1.165, 1.54) is 11.9 Å². The van der Waals surface area contributed by atoms with Crippen molar-refractivity contribution >= 4 is 46.2 Å². The molecule has 4 N–H and O–H groups in total. The van der Waals surface area contributed by atoms with Crippen LogP contribution in [0.1, 0.15) is 25.7 Å². The number of hydrogen-bond acceptors (Lipinski definition) is 8. The molecule has 33 heavy (non-hydrogen) atoms. The molecule has 1 saturated carbocycles. The summed E-state index contributed by atoms with van der Waals surface area (Å²) >= 11 is 7.60. The number of rotatable bonds is 6. The second kappa shape index (κ2) is 9.91. The molecule has 0 saturated heterocycles. The Bertz CT molecular complexity index is 1240. The molecule has 5 rings (SSSR count). The summed E-state index contributed by atoms with van der Waals surface area (Å²) < 4.78 is 3.18. The van der Waals surface area contributed by atoms with Gasteiger partial charge in [0.1, 0.15) is 0 Å². The van der Waals surface area contributed by atoms with Crippen LogP contribution in [0.2, 0.25) is 5.02 Å². The largest absolute Gasteiger partial charge is 0.351 e. The summed E-state index contributed by atoms with van der Waals surface area (Å²) in [6.45, 7) is 0. The van der Waals surface area contributed by atoms with E-state index in [0.717, 1.165) is 52.7 Å². The van der Waals surface area contributed by atoms with Crippen LogP contribution in [0.5, 0.6) is 0 Å². The van der Waals surface area contributed by atoms with E-state index in [2.05, 4.69) is 30.2 Å². The van der Waals surface area contributed by atoms with Crippen molar-refractivity contribution in [1.29, 1.82) is 0 Å². The van der Waals surface area contributed by atoms with Crippen LogP contribution in [-0.2, 0) is 0 Å². The lowest BCUT2D eigenvalue weighted by Gasteiger charge is -2.26. The van der Waals surface area contributed by atoms with Crippen LogP contribution in [0.15, 0.2) is 65.7 Å². The van der Waals surface area contributed by atoms with Crippen LogP contribution >= 0.6 is 23.5 Å². The van der Waals surface area contributed by atoms with Gasteiger partial charge < -0.3 is 15.8 Å². The van der Waals surface area contributed by atoms with Gasteiger partial charge in [-0.2, -0.15) is 0 Å². The smallest absolute Gasteiger partial charge is 0.223 e. The summed E-state index contributed by atoms with van der Waals surface area (Å²) in [6, 6.07) is 18.2. The van der Waals surface area contributed by atoms with Gasteiger partial charge in [-0.15, -0.1) is 10.2 Å². The number of benzene rings is 2. The number of nitrogens with zero attached hydrogens (tertiary/aromatic N) is 4. The van der Waals surface area contributed by atoms with Crippen molar-refractivity contribution in [2.75, 3.05) is 10.0 Å². The van der Waals surface area contributed by atoms with Crippen LogP contribution in [-0.4, -0.2) is 32.2 Å². The van der Waals surface area contributed by atoms with E-state index in [-0.39, 0.29) is 0 Å². The molecule has 0 atom stereocenters. The molecular weight excluding hydrogens is 454 g/mol. The van der Waals surface area contributed by atoms with Crippen molar-refractivity contribution in [3.05, 3.63) is 65.8 Å². The molecule has 168 valence electrons. The van der Waals surface area contributed by atoms with Gasteiger partial charge in [-0.1, -0.05) is 29.8 Å². The van der Waals surface area contributed by atoms with Gasteiger partial charge in [0.2, 0.25) is 5.95 Å². The Kier molecular flexibility index (Phi) is 6.57. The maximum atomic E-state index is 6.19. The normalized spacial score (nSPS) is 18.2. The van der Waals surface area contributed by atoms with Crippen molar-refractivity contribution in [1.82, 2.24) is 20.2 Å². The van der Waals surface area contributed by atoms with Gasteiger partial charge >= 0.3 is 0 Å². The molecule has 0 unspecified atom stereocenters. The lowest BCUT2D eigenvalue weighted by Crippen LogP contribution is -2.33. The van der Waals surface area contributed by atoms with E-state index in [0.29, 0.717) is 28.9 Å². The second-order valence-electron chi connectivity index (χ2n) is 8.16. The number of halogens is 1. The highest BCUT2D eigenvalue weighted by molar-refractivity contribution is 8.00. The molecule has 4 aromatic rings. The first-order valence-electron chi connectivity index (χ1n) is 10.9. The Hall–Kier alpha value is -2.94. The van der Waals surface area contributed by atoms with Gasteiger partial charge in [-0.3, -0.25) is 0 Å². The highest BCUT2D eigenvalue weighted by atomic mass is 35.5. The first-order chi connectivity index (χ1) is 16.1. The third-order valence-corrected chi connectivity index (χ3v) is 7.08. The third kappa shape index (κ3) is 5.35. The molecule has 0 spiro atoms. The minimum atomic E-state index is 0.327. The second-order valence-corrected chi connectivity index (χ2v) is 9.42. The summed E-state index contributed by atoms with van der Waals surface area (Å²) in [6.07, 6.45) is 6.06. The number of nitrogens with two attached hydrogens (primary N) is 1. The fourth-order valence-corrected chi connectivity index (χ4v) is 4.77. The zero-order valence-electron chi connectivity index (χ0n) is 17.9. The molecule has 0 amide bonds. The maximum absolute atomic E-state index is 6.19. The number of nitrogens with one attached hydrogen (secondary N) is 2. The minimum Gasteiger partial charge on any atom is -0.351 e. The number of aromatic nitrogens is 4. The van der Waals surface area contributed by atoms with Crippen molar-refractivity contribution in [2.24, 2.45) is 5.73 Å². The molecule has 1 fully saturated rings. The average molecular weight is 478 g/mol. The molecule has 0 aliphatic heterocycles. The SMILES string of the molecule is NC1CCC(Nc2ncc3cc(-c4ccc(NSc5ccccc5Cl)nn4)ccc3n2)CC1. The maximum Gasteiger partial charge on any atom is 0.223 e. The van der Waals surface area contributed by atoms with E-state index in [1.807, 2.05) is 60.8 Å². The Balaban J connectivity index is 1.26. The summed E-state index contributed by atoms with van der Waals surface area (Å²) in [7, 11) is 0. The molecular formula is C24H24ClN7S. The Morgan fingerprint density at radius 3 is 2.61 bits per heavy atom. The lowest BCUT2D eigenvalue weighted by atomic mass is 9.92. The van der Waals surface area contributed by atoms with E-state index in [9.17, 15) is 0 Å². The Morgan fingerprint density at radius 2 is 1.82 bits per heavy atom. The molecule has 2 aromatic carbocycles. The molecule has 0 radical (unpaired) electrons. The highest BCUT2D eigenvalue weighted by Crippen LogP contribution is 2.28. The average Bonchev–Trinajstić information content (AvgIpc) is 2.85. The topological polar surface area (TPSA) is 102 Å². The van der Waals surface area contributed by atoms with E-state index in [4.69, 9.17) is 17.3 Å². The van der Waals surface area contributed by atoms with Crippen LogP contribution in [0.3, 0.4) is 0 Å². The monoisotopic (exact) mass is 477 g/mol. The molecule has 0 bridgehead atoms. The fraction of sp³-hybridized carbons (Fsp3) is 0.250. The van der Waals surface area contributed by atoms with Gasteiger partial charge in [0.15, 0.2) is 5.82 Å². The minimum absolute atomic E-state index is 0.327. The standard InChI is InChI=1S/C24H24ClN7S/c25-19-3-1-2-4-22(19)33-32-23-12-11-21(30-31-23)15-5-10-20-16(13-15)14-27-24(29-20)28-18-8-6-17(26)7-9-18/h1-5,10-14,17-18H,6-9,26H2,(H,31,32)(H,27,28,29). The molecule has 2 aromatic heterocycles. The summed E-state index contributed by atoms with van der Waals surface area (Å²) in [5, 5.41) is 13.8. The van der Waals surface area contributed by atoms with Gasteiger partial charge in [-0.05, 0) is 74.0 Å². The zero-order valence-corrected chi connectivity index (χ0v) is 19.5. The van der Waals surface area contributed by atoms with Crippen molar-refractivity contribution in [3.63, 3.8) is 0 Å². The van der Waals surface area contributed by atoms with Crippen molar-refractivity contribution in [3.8, 4) is 11.3 Å².